The van der Waals surface area contributed by atoms with Crippen molar-refractivity contribution < 1.29 is 13.9 Å². The number of hydrogen-bond acceptors (Lipinski definition) is 5. The lowest BCUT2D eigenvalue weighted by Gasteiger charge is -2.35. The zero-order valence-corrected chi connectivity index (χ0v) is 16.3. The van der Waals surface area contributed by atoms with E-state index in [1.165, 1.54) is 34.3 Å². The van der Waals surface area contributed by atoms with Gasteiger partial charge in [0, 0.05) is 11.6 Å². The molecule has 4 rings (SSSR count). The highest BCUT2D eigenvalue weighted by Crippen LogP contribution is 2.36. The third-order valence-electron chi connectivity index (χ3n) is 5.40. The first kappa shape index (κ1) is 19.8. The number of aliphatic hydroxyl groups is 1. The number of nitrogens with zero attached hydrogens (tertiary/aromatic N) is 5. The maximum Gasteiger partial charge on any atom is 0.261 e. The molecule has 2 aromatic carbocycles. The minimum atomic E-state index is -1.95. The Balaban J connectivity index is 1.91. The summed E-state index contributed by atoms with van der Waals surface area (Å²) < 4.78 is 30.8. The van der Waals surface area contributed by atoms with Gasteiger partial charge in [-0.25, -0.2) is 23.4 Å². The predicted octanol–water partition coefficient (Wildman–Crippen LogP) is 2.72. The molecule has 2 unspecified atom stereocenters. The monoisotopic (exact) mass is 411 g/mol. The molecule has 9 heteroatoms. The van der Waals surface area contributed by atoms with Gasteiger partial charge in [-0.15, -0.1) is 0 Å². The van der Waals surface area contributed by atoms with Crippen LogP contribution >= 0.6 is 0 Å². The third kappa shape index (κ3) is 3.26. The average molecular weight is 411 g/mol. The van der Waals surface area contributed by atoms with Gasteiger partial charge in [0.2, 0.25) is 0 Å². The first-order chi connectivity index (χ1) is 14.3. The molecule has 2 atom stereocenters. The van der Waals surface area contributed by atoms with E-state index in [-0.39, 0.29) is 17.7 Å². The van der Waals surface area contributed by atoms with E-state index >= 15 is 0 Å². The number of benzene rings is 2. The number of hydrogen-bond donors (Lipinski definition) is 1. The summed E-state index contributed by atoms with van der Waals surface area (Å²) in [6.45, 7) is 3.16. The maximum absolute atomic E-state index is 14.7. The van der Waals surface area contributed by atoms with Crippen LogP contribution < -0.4 is 5.56 Å². The Bertz CT molecular complexity index is 1270. The molecule has 2 heterocycles. The maximum atomic E-state index is 14.7. The molecule has 30 heavy (non-hydrogen) atoms. The molecule has 0 bridgehead atoms. The molecule has 154 valence electrons. The quantitative estimate of drug-likeness (QED) is 0.546. The minimum Gasteiger partial charge on any atom is -0.381 e. The third-order valence-corrected chi connectivity index (χ3v) is 5.40. The van der Waals surface area contributed by atoms with E-state index in [4.69, 9.17) is 0 Å². The fourth-order valence-electron chi connectivity index (χ4n) is 3.69. The normalized spacial score (nSPS) is 14.6. The molecule has 0 saturated heterocycles. The van der Waals surface area contributed by atoms with Crippen LogP contribution in [0.1, 0.15) is 24.1 Å². The van der Waals surface area contributed by atoms with E-state index < -0.39 is 23.3 Å². The Hall–Kier alpha value is -3.46. The van der Waals surface area contributed by atoms with Crippen molar-refractivity contribution in [2.24, 2.45) is 0 Å². The van der Waals surface area contributed by atoms with Crippen molar-refractivity contribution >= 4 is 10.9 Å². The zero-order chi connectivity index (χ0) is 21.5. The van der Waals surface area contributed by atoms with E-state index in [0.29, 0.717) is 17.0 Å². The van der Waals surface area contributed by atoms with Crippen molar-refractivity contribution in [2.45, 2.75) is 32.0 Å². The van der Waals surface area contributed by atoms with Crippen molar-refractivity contribution in [2.75, 3.05) is 0 Å². The van der Waals surface area contributed by atoms with Gasteiger partial charge in [-0.1, -0.05) is 18.2 Å². The van der Waals surface area contributed by atoms with E-state index in [0.717, 1.165) is 11.6 Å². The molecule has 0 saturated carbocycles. The van der Waals surface area contributed by atoms with Crippen LogP contribution in [0.25, 0.3) is 10.9 Å². The van der Waals surface area contributed by atoms with Gasteiger partial charge in [0.25, 0.3) is 5.56 Å². The zero-order valence-electron chi connectivity index (χ0n) is 16.3. The van der Waals surface area contributed by atoms with Gasteiger partial charge in [-0.2, -0.15) is 5.10 Å². The molecule has 0 spiro atoms. The van der Waals surface area contributed by atoms with Crippen LogP contribution in [-0.2, 0) is 12.1 Å². The Kier molecular flexibility index (Phi) is 4.90. The Morgan fingerprint density at radius 3 is 2.70 bits per heavy atom. The number of halogens is 2. The molecule has 1 N–H and O–H groups in total. The summed E-state index contributed by atoms with van der Waals surface area (Å²) in [6, 6.07) is 7.27. The number of aryl methyl sites for hydroxylation is 1. The summed E-state index contributed by atoms with van der Waals surface area (Å²) >= 11 is 0. The van der Waals surface area contributed by atoms with Crippen LogP contribution in [0.2, 0.25) is 0 Å². The van der Waals surface area contributed by atoms with Gasteiger partial charge in [0.05, 0.1) is 29.8 Å². The summed E-state index contributed by atoms with van der Waals surface area (Å²) in [5.74, 6) is -1.70. The van der Waals surface area contributed by atoms with Crippen LogP contribution in [0, 0.1) is 18.6 Å². The van der Waals surface area contributed by atoms with Crippen molar-refractivity contribution in [3.63, 3.8) is 0 Å². The summed E-state index contributed by atoms with van der Waals surface area (Å²) in [6.07, 6.45) is 3.96. The summed E-state index contributed by atoms with van der Waals surface area (Å²) in [4.78, 5) is 21.4. The minimum absolute atomic E-state index is 0.163. The second kappa shape index (κ2) is 7.42. The lowest BCUT2D eigenvalue weighted by molar-refractivity contribution is -0.0343. The molecule has 7 nitrogen and oxygen atoms in total. The molecule has 4 aromatic rings. The van der Waals surface area contributed by atoms with Gasteiger partial charge in [0.15, 0.2) is 0 Å². The van der Waals surface area contributed by atoms with Gasteiger partial charge in [0.1, 0.15) is 29.9 Å². The van der Waals surface area contributed by atoms with Crippen LogP contribution in [0.3, 0.4) is 0 Å². The number of fused-ring (bicyclic) bond motifs is 1. The van der Waals surface area contributed by atoms with E-state index in [9.17, 15) is 18.7 Å². The summed E-state index contributed by atoms with van der Waals surface area (Å²) in [7, 11) is 0. The van der Waals surface area contributed by atoms with Crippen molar-refractivity contribution in [1.29, 1.82) is 0 Å². The van der Waals surface area contributed by atoms with Crippen molar-refractivity contribution in [3.8, 4) is 0 Å². The molecule has 0 aliphatic heterocycles. The van der Waals surface area contributed by atoms with Crippen molar-refractivity contribution in [1.82, 2.24) is 24.3 Å². The number of rotatable bonds is 5. The lowest BCUT2D eigenvalue weighted by atomic mass is 9.86. The topological polar surface area (TPSA) is 85.8 Å². The molecule has 0 amide bonds. The SMILES string of the molecule is Cc1cccc2ncn(C(C)C(O)(Cn3cncn3)c3ccc(F)cc3F)c(=O)c12. The van der Waals surface area contributed by atoms with Crippen LogP contribution in [0.4, 0.5) is 8.78 Å². The Morgan fingerprint density at radius 2 is 2.00 bits per heavy atom. The van der Waals surface area contributed by atoms with Gasteiger partial charge in [-0.05, 0) is 31.5 Å². The van der Waals surface area contributed by atoms with E-state index in [1.54, 1.807) is 32.0 Å². The first-order valence-electron chi connectivity index (χ1n) is 9.28. The molecular formula is C21H19F2N5O2. The highest BCUT2D eigenvalue weighted by atomic mass is 19.1. The fourth-order valence-corrected chi connectivity index (χ4v) is 3.69. The largest absolute Gasteiger partial charge is 0.381 e. The number of aromatic nitrogens is 5. The molecule has 0 aliphatic rings. The lowest BCUT2D eigenvalue weighted by Crippen LogP contribution is -2.43. The average Bonchev–Trinajstić information content (AvgIpc) is 3.20. The van der Waals surface area contributed by atoms with Gasteiger partial charge < -0.3 is 5.11 Å². The second-order valence-corrected chi connectivity index (χ2v) is 7.24. The van der Waals surface area contributed by atoms with Gasteiger partial charge >= 0.3 is 0 Å². The van der Waals surface area contributed by atoms with E-state index in [2.05, 4.69) is 15.1 Å². The van der Waals surface area contributed by atoms with Crippen LogP contribution in [-0.4, -0.2) is 29.4 Å². The first-order valence-corrected chi connectivity index (χ1v) is 9.28. The molecular weight excluding hydrogens is 392 g/mol. The Morgan fingerprint density at radius 1 is 1.20 bits per heavy atom. The highest BCUT2D eigenvalue weighted by Gasteiger charge is 2.41. The van der Waals surface area contributed by atoms with Crippen LogP contribution in [0.5, 0.6) is 0 Å². The second-order valence-electron chi connectivity index (χ2n) is 7.24. The van der Waals surface area contributed by atoms with Crippen molar-refractivity contribution in [3.05, 3.63) is 88.5 Å². The highest BCUT2D eigenvalue weighted by molar-refractivity contribution is 5.80. The molecule has 0 aliphatic carbocycles. The predicted molar refractivity (Wildman–Crippen MR) is 106 cm³/mol. The summed E-state index contributed by atoms with van der Waals surface area (Å²) in [5.41, 5.74) is -1.22. The summed E-state index contributed by atoms with van der Waals surface area (Å²) in [5, 5.41) is 16.1. The molecule has 2 aromatic heterocycles. The molecule has 0 fully saturated rings. The fraction of sp³-hybridized carbons (Fsp3) is 0.238. The standard InChI is InChI=1S/C21H19F2N5O2/c1-13-4-3-5-18-19(13)20(29)28(12-25-18)14(2)21(30,9-27-11-24-10-26-27)16-7-6-15(22)8-17(16)23/h3-8,10-12,14,30H,9H2,1-2H3. The van der Waals surface area contributed by atoms with Crippen LogP contribution in [0.15, 0.2) is 60.2 Å². The molecule has 0 radical (unpaired) electrons. The van der Waals surface area contributed by atoms with Gasteiger partial charge in [-0.3, -0.25) is 9.36 Å². The smallest absolute Gasteiger partial charge is 0.261 e. The Labute approximate surface area is 170 Å². The van der Waals surface area contributed by atoms with E-state index in [1.807, 2.05) is 0 Å².